The van der Waals surface area contributed by atoms with Gasteiger partial charge in [0.25, 0.3) is 0 Å². The third-order valence-electron chi connectivity index (χ3n) is 3.53. The zero-order valence-corrected chi connectivity index (χ0v) is 14.2. The molecule has 0 aliphatic carbocycles. The van der Waals surface area contributed by atoms with Crippen molar-refractivity contribution in [3.63, 3.8) is 0 Å². The predicted octanol–water partition coefficient (Wildman–Crippen LogP) is 2.94. The standard InChI is InChI=1S/C16H30N4O/c1-11(10-21)8-7-9-18-14-12(2)13(17-6)19-15(20-14)16(3,4)5/h11,21H,7-10H2,1-6H3,(H2,17,18,19,20). The van der Waals surface area contributed by atoms with Crippen molar-refractivity contribution < 1.29 is 5.11 Å². The Kier molecular flexibility index (Phi) is 6.40. The minimum absolute atomic E-state index is 0.0822. The van der Waals surface area contributed by atoms with Crippen LogP contribution in [0.3, 0.4) is 0 Å². The van der Waals surface area contributed by atoms with Crippen molar-refractivity contribution in [2.24, 2.45) is 5.92 Å². The summed E-state index contributed by atoms with van der Waals surface area (Å²) >= 11 is 0. The molecule has 5 nitrogen and oxygen atoms in total. The summed E-state index contributed by atoms with van der Waals surface area (Å²) in [5.74, 6) is 2.97. The molecule has 0 saturated carbocycles. The summed E-state index contributed by atoms with van der Waals surface area (Å²) in [7, 11) is 1.88. The highest BCUT2D eigenvalue weighted by Gasteiger charge is 2.20. The minimum atomic E-state index is -0.0822. The van der Waals surface area contributed by atoms with E-state index in [1.807, 2.05) is 14.0 Å². The SMILES string of the molecule is CNc1nc(C(C)(C)C)nc(NCCCC(C)CO)c1C. The maximum atomic E-state index is 9.04. The molecule has 1 atom stereocenters. The second-order valence-corrected chi connectivity index (χ2v) is 6.73. The maximum absolute atomic E-state index is 9.04. The van der Waals surface area contributed by atoms with Crippen LogP contribution in [0.4, 0.5) is 11.6 Å². The molecule has 1 aromatic heterocycles. The molecule has 1 heterocycles. The van der Waals surface area contributed by atoms with Gasteiger partial charge in [0.1, 0.15) is 17.5 Å². The van der Waals surface area contributed by atoms with Gasteiger partial charge in [0.2, 0.25) is 0 Å². The molecule has 0 aliphatic heterocycles. The van der Waals surface area contributed by atoms with Crippen LogP contribution in [0.25, 0.3) is 0 Å². The molecular formula is C16H30N4O. The smallest absolute Gasteiger partial charge is 0.138 e. The van der Waals surface area contributed by atoms with E-state index in [-0.39, 0.29) is 12.0 Å². The fraction of sp³-hybridized carbons (Fsp3) is 0.750. The van der Waals surface area contributed by atoms with Crippen LogP contribution in [0, 0.1) is 12.8 Å². The summed E-state index contributed by atoms with van der Waals surface area (Å²) in [6.07, 6.45) is 2.03. The van der Waals surface area contributed by atoms with Crippen molar-refractivity contribution in [3.05, 3.63) is 11.4 Å². The minimum Gasteiger partial charge on any atom is -0.396 e. The molecule has 3 N–H and O–H groups in total. The lowest BCUT2D eigenvalue weighted by molar-refractivity contribution is 0.229. The molecule has 21 heavy (non-hydrogen) atoms. The first kappa shape index (κ1) is 17.7. The highest BCUT2D eigenvalue weighted by molar-refractivity contribution is 5.57. The Balaban J connectivity index is 2.81. The van der Waals surface area contributed by atoms with Crippen molar-refractivity contribution in [1.82, 2.24) is 9.97 Å². The van der Waals surface area contributed by atoms with Gasteiger partial charge in [-0.15, -0.1) is 0 Å². The van der Waals surface area contributed by atoms with Gasteiger partial charge in [0.15, 0.2) is 0 Å². The number of nitrogens with zero attached hydrogens (tertiary/aromatic N) is 2. The first-order valence-electron chi connectivity index (χ1n) is 7.71. The Morgan fingerprint density at radius 1 is 1.19 bits per heavy atom. The van der Waals surface area contributed by atoms with Gasteiger partial charge in [0.05, 0.1) is 0 Å². The molecule has 0 fully saturated rings. The van der Waals surface area contributed by atoms with Gasteiger partial charge in [-0.25, -0.2) is 9.97 Å². The molecule has 1 unspecified atom stereocenters. The van der Waals surface area contributed by atoms with Gasteiger partial charge in [-0.1, -0.05) is 27.7 Å². The number of nitrogens with one attached hydrogen (secondary N) is 2. The number of anilines is 2. The Bertz CT molecular complexity index is 454. The molecule has 0 radical (unpaired) electrons. The van der Waals surface area contributed by atoms with Gasteiger partial charge in [-0.2, -0.15) is 0 Å². The molecule has 0 amide bonds. The third kappa shape index (κ3) is 5.16. The predicted molar refractivity (Wildman–Crippen MR) is 89.0 cm³/mol. The number of hydrogen-bond acceptors (Lipinski definition) is 5. The van der Waals surface area contributed by atoms with E-state index in [9.17, 15) is 0 Å². The summed E-state index contributed by atoms with van der Waals surface area (Å²) < 4.78 is 0. The first-order chi connectivity index (χ1) is 9.79. The molecule has 0 aromatic carbocycles. The van der Waals surface area contributed by atoms with E-state index in [2.05, 4.69) is 48.3 Å². The highest BCUT2D eigenvalue weighted by Crippen LogP contribution is 2.26. The van der Waals surface area contributed by atoms with Crippen LogP contribution < -0.4 is 10.6 Å². The zero-order chi connectivity index (χ0) is 16.0. The Morgan fingerprint density at radius 2 is 1.81 bits per heavy atom. The molecule has 1 rings (SSSR count). The van der Waals surface area contributed by atoms with Crippen LogP contribution in [0.2, 0.25) is 0 Å². The molecule has 1 aromatic rings. The molecule has 5 heteroatoms. The Hall–Kier alpha value is -1.36. The van der Waals surface area contributed by atoms with Crippen LogP contribution in [-0.2, 0) is 5.41 Å². The number of aromatic nitrogens is 2. The maximum Gasteiger partial charge on any atom is 0.138 e. The van der Waals surface area contributed by atoms with Crippen LogP contribution >= 0.6 is 0 Å². The molecular weight excluding hydrogens is 264 g/mol. The average molecular weight is 294 g/mol. The van der Waals surface area contributed by atoms with Crippen LogP contribution in [0.15, 0.2) is 0 Å². The van der Waals surface area contributed by atoms with E-state index in [0.717, 1.165) is 42.4 Å². The topological polar surface area (TPSA) is 70.1 Å². The summed E-state index contributed by atoms with van der Waals surface area (Å²) in [5.41, 5.74) is 0.960. The first-order valence-corrected chi connectivity index (χ1v) is 7.71. The fourth-order valence-corrected chi connectivity index (χ4v) is 2.02. The number of aliphatic hydroxyl groups is 1. The van der Waals surface area contributed by atoms with E-state index in [1.165, 1.54) is 0 Å². The van der Waals surface area contributed by atoms with Crippen LogP contribution in [-0.4, -0.2) is 35.3 Å². The van der Waals surface area contributed by atoms with Crippen molar-refractivity contribution >= 4 is 11.6 Å². The van der Waals surface area contributed by atoms with Gasteiger partial charge >= 0.3 is 0 Å². The van der Waals surface area contributed by atoms with Gasteiger partial charge in [0, 0.05) is 31.2 Å². The van der Waals surface area contributed by atoms with Crippen LogP contribution in [0.5, 0.6) is 0 Å². The molecule has 120 valence electrons. The zero-order valence-electron chi connectivity index (χ0n) is 14.2. The van der Waals surface area contributed by atoms with Gasteiger partial charge < -0.3 is 15.7 Å². The van der Waals surface area contributed by atoms with Crippen molar-refractivity contribution in [2.75, 3.05) is 30.8 Å². The average Bonchev–Trinajstić information content (AvgIpc) is 2.43. The normalized spacial score (nSPS) is 13.1. The summed E-state index contributed by atoms with van der Waals surface area (Å²) in [5, 5.41) is 15.6. The Morgan fingerprint density at radius 3 is 2.33 bits per heavy atom. The summed E-state index contributed by atoms with van der Waals surface area (Å²) in [6.45, 7) is 11.5. The largest absolute Gasteiger partial charge is 0.396 e. The van der Waals surface area contributed by atoms with Gasteiger partial charge in [-0.05, 0) is 25.7 Å². The molecule has 0 bridgehead atoms. The van der Waals surface area contributed by atoms with Crippen molar-refractivity contribution in [2.45, 2.75) is 52.9 Å². The summed E-state index contributed by atoms with van der Waals surface area (Å²) in [4.78, 5) is 9.27. The van der Waals surface area contributed by atoms with E-state index in [4.69, 9.17) is 5.11 Å². The second-order valence-electron chi connectivity index (χ2n) is 6.73. The van der Waals surface area contributed by atoms with E-state index < -0.39 is 0 Å². The number of hydrogen-bond donors (Lipinski definition) is 3. The van der Waals surface area contributed by atoms with E-state index in [0.29, 0.717) is 5.92 Å². The van der Waals surface area contributed by atoms with Crippen LogP contribution in [0.1, 0.15) is 51.9 Å². The highest BCUT2D eigenvalue weighted by atomic mass is 16.3. The monoisotopic (exact) mass is 294 g/mol. The molecule has 0 saturated heterocycles. The molecule has 0 spiro atoms. The van der Waals surface area contributed by atoms with E-state index in [1.54, 1.807) is 0 Å². The van der Waals surface area contributed by atoms with Crippen molar-refractivity contribution in [1.29, 1.82) is 0 Å². The number of aliphatic hydroxyl groups excluding tert-OH is 1. The summed E-state index contributed by atoms with van der Waals surface area (Å²) in [6, 6.07) is 0. The van der Waals surface area contributed by atoms with Gasteiger partial charge in [-0.3, -0.25) is 0 Å². The lowest BCUT2D eigenvalue weighted by Crippen LogP contribution is -2.19. The molecule has 0 aliphatic rings. The third-order valence-corrected chi connectivity index (χ3v) is 3.53. The quantitative estimate of drug-likeness (QED) is 0.675. The lowest BCUT2D eigenvalue weighted by atomic mass is 9.95. The van der Waals surface area contributed by atoms with Crippen molar-refractivity contribution in [3.8, 4) is 0 Å². The lowest BCUT2D eigenvalue weighted by Gasteiger charge is -2.21. The van der Waals surface area contributed by atoms with E-state index >= 15 is 0 Å². The Labute approximate surface area is 128 Å². The number of rotatable bonds is 7. The second kappa shape index (κ2) is 7.59. The fourth-order valence-electron chi connectivity index (χ4n) is 2.02.